The monoisotopic (exact) mass is 552 g/mol. The molecule has 2 saturated heterocycles. The lowest BCUT2D eigenvalue weighted by molar-refractivity contribution is 0.0247. The Balaban J connectivity index is 1.41. The van der Waals surface area contributed by atoms with E-state index in [0.717, 1.165) is 55.3 Å². The van der Waals surface area contributed by atoms with Crippen LogP contribution in [0.3, 0.4) is 0 Å². The summed E-state index contributed by atoms with van der Waals surface area (Å²) < 4.78 is 8.48. The van der Waals surface area contributed by atoms with Crippen LogP contribution in [0.2, 0.25) is 5.02 Å². The number of rotatable bonds is 5. The molecule has 3 aromatic rings. The predicted octanol–water partition coefficient (Wildman–Crippen LogP) is 4.37. The zero-order chi connectivity index (χ0) is 26.5. The molecule has 7 rings (SSSR count). The van der Waals surface area contributed by atoms with Crippen LogP contribution in [0.5, 0.6) is 0 Å². The van der Waals surface area contributed by atoms with Crippen LogP contribution >= 0.6 is 11.6 Å². The van der Waals surface area contributed by atoms with Crippen LogP contribution in [0.1, 0.15) is 63.9 Å². The first kappa shape index (κ1) is 25.0. The number of ether oxygens (including phenoxy) is 1. The van der Waals surface area contributed by atoms with Gasteiger partial charge in [-0.15, -0.1) is 5.48 Å². The lowest BCUT2D eigenvalue weighted by Gasteiger charge is -2.39. The molecule has 0 aromatic carbocycles. The van der Waals surface area contributed by atoms with Crippen molar-refractivity contribution in [2.24, 2.45) is 11.8 Å². The van der Waals surface area contributed by atoms with Crippen LogP contribution in [0, 0.1) is 11.8 Å². The summed E-state index contributed by atoms with van der Waals surface area (Å²) in [6, 6.07) is 2.16. The lowest BCUT2D eigenvalue weighted by Crippen LogP contribution is -2.49. The summed E-state index contributed by atoms with van der Waals surface area (Å²) in [7, 11) is 0. The summed E-state index contributed by atoms with van der Waals surface area (Å²) in [4.78, 5) is 38.5. The molecule has 4 aliphatic rings. The largest absolute Gasteiger partial charge is 0.427 e. The summed E-state index contributed by atoms with van der Waals surface area (Å²) in [5, 5.41) is 3.23. The zero-order valence-electron chi connectivity index (χ0n) is 22.0. The molecular formula is C27H33ClN8O3. The van der Waals surface area contributed by atoms with E-state index in [1.54, 1.807) is 12.4 Å². The predicted molar refractivity (Wildman–Crippen MR) is 145 cm³/mol. The fourth-order valence-electron chi connectivity index (χ4n) is 6.66. The van der Waals surface area contributed by atoms with Gasteiger partial charge in [-0.1, -0.05) is 31.4 Å². The number of carbonyl (C=O) groups is 1. The second-order valence-electron chi connectivity index (χ2n) is 11.3. The Morgan fingerprint density at radius 2 is 1.97 bits per heavy atom. The smallest absolute Gasteiger partial charge is 0.374 e. The van der Waals surface area contributed by atoms with Crippen LogP contribution in [-0.4, -0.2) is 55.9 Å². The number of carbonyl (C=O) groups excluding carboxylic acids is 1. The first-order valence-corrected chi connectivity index (χ1v) is 14.4. The topological polar surface area (TPSA) is 119 Å². The summed E-state index contributed by atoms with van der Waals surface area (Å²) in [6.07, 6.45) is 10.5. The van der Waals surface area contributed by atoms with Crippen LogP contribution in [0.4, 0.5) is 10.7 Å². The molecule has 3 aromatic heterocycles. The highest BCUT2D eigenvalue weighted by Crippen LogP contribution is 2.39. The van der Waals surface area contributed by atoms with Crippen molar-refractivity contribution >= 4 is 34.8 Å². The number of amides is 1. The Morgan fingerprint density at radius 1 is 1.10 bits per heavy atom. The van der Waals surface area contributed by atoms with Crippen LogP contribution in [0.15, 0.2) is 18.5 Å². The summed E-state index contributed by atoms with van der Waals surface area (Å²) in [5.74, 6) is 2.61. The number of fused-ring (bicyclic) bond motifs is 2. The number of anilines is 1. The summed E-state index contributed by atoms with van der Waals surface area (Å²) in [5.41, 5.74) is 5.58. The highest BCUT2D eigenvalue weighted by Gasteiger charge is 2.39. The third-order valence-electron chi connectivity index (χ3n) is 8.68. The van der Waals surface area contributed by atoms with E-state index in [0.29, 0.717) is 40.8 Å². The van der Waals surface area contributed by atoms with Gasteiger partial charge >= 0.3 is 6.09 Å². The molecule has 5 heterocycles. The number of pyridine rings is 1. The minimum absolute atomic E-state index is 0.232. The molecule has 0 radical (unpaired) electrons. The zero-order valence-corrected chi connectivity index (χ0v) is 22.7. The van der Waals surface area contributed by atoms with Gasteiger partial charge in [0.1, 0.15) is 11.2 Å². The summed E-state index contributed by atoms with van der Waals surface area (Å²) >= 11 is 6.39. The number of hydrogen-bond donors (Lipinski definition) is 2. The highest BCUT2D eigenvalue weighted by atomic mass is 35.5. The van der Waals surface area contributed by atoms with Crippen molar-refractivity contribution in [2.45, 2.75) is 76.7 Å². The van der Waals surface area contributed by atoms with Gasteiger partial charge in [-0.2, -0.15) is 4.98 Å². The number of nitrogens with zero attached hydrogens (tertiary/aromatic N) is 6. The number of halogens is 1. The van der Waals surface area contributed by atoms with Crippen molar-refractivity contribution in [1.29, 1.82) is 0 Å². The van der Waals surface area contributed by atoms with Gasteiger partial charge < -0.3 is 19.0 Å². The molecule has 1 amide bonds. The second kappa shape index (κ2) is 10.2. The molecule has 0 bridgehead atoms. The van der Waals surface area contributed by atoms with E-state index in [2.05, 4.69) is 32.2 Å². The van der Waals surface area contributed by atoms with Crippen molar-refractivity contribution in [3.05, 3.63) is 29.3 Å². The first-order chi connectivity index (χ1) is 19.0. The maximum atomic E-state index is 11.8. The second-order valence-corrected chi connectivity index (χ2v) is 11.8. The Bertz CT molecular complexity index is 1390. The van der Waals surface area contributed by atoms with Gasteiger partial charge in [-0.3, -0.25) is 10.3 Å². The Hall–Kier alpha value is -3.02. The minimum Gasteiger partial charge on any atom is -0.374 e. The highest BCUT2D eigenvalue weighted by molar-refractivity contribution is 6.30. The standard InChI is InChI=1S/C27H33ClN8O3/c1-15-5-7-16(8-6-15)14-36-22-21(17-11-18(28)13-29-12-17)30-24(25-33-27(37)39-34-25)31-23(22)32-26(36)35-9-10-38-20-4-2-3-19(20)35/h11-13,15-16,19-20,25,34H,2-10,14H2,1H3,(H,33,37)/t15?,16?,19-,20-,25?/m0/s1. The lowest BCUT2D eigenvalue weighted by atomic mass is 9.83. The molecular weight excluding hydrogens is 520 g/mol. The fourth-order valence-corrected chi connectivity index (χ4v) is 6.83. The SMILES string of the molecule is CC1CCC(Cn2c(N3CCO[C@H]4CCC[C@@H]43)nc3nc(C4NOC(=O)N4)nc(-c4cncc(Cl)c4)c32)CC1. The molecule has 2 saturated carbocycles. The van der Waals surface area contributed by atoms with Crippen LogP contribution in [-0.2, 0) is 16.1 Å². The molecule has 2 N–H and O–H groups in total. The van der Waals surface area contributed by atoms with Crippen molar-refractivity contribution in [3.8, 4) is 11.3 Å². The number of nitrogens with one attached hydrogen (secondary N) is 2. The van der Waals surface area contributed by atoms with E-state index in [-0.39, 0.29) is 6.10 Å². The van der Waals surface area contributed by atoms with E-state index in [9.17, 15) is 4.79 Å². The van der Waals surface area contributed by atoms with Gasteiger partial charge in [-0.05, 0) is 50.0 Å². The van der Waals surface area contributed by atoms with E-state index in [4.69, 9.17) is 36.1 Å². The average Bonchev–Trinajstić information content (AvgIpc) is 3.68. The molecule has 3 atom stereocenters. The van der Waals surface area contributed by atoms with Crippen molar-refractivity contribution < 1.29 is 14.4 Å². The molecule has 11 nitrogen and oxygen atoms in total. The maximum absolute atomic E-state index is 11.8. The van der Waals surface area contributed by atoms with Gasteiger partial charge in [0.2, 0.25) is 5.95 Å². The van der Waals surface area contributed by atoms with Crippen molar-refractivity contribution in [1.82, 2.24) is 35.3 Å². The van der Waals surface area contributed by atoms with Gasteiger partial charge in [-0.25, -0.2) is 14.8 Å². The number of aromatic nitrogens is 5. The average molecular weight is 553 g/mol. The number of hydrogen-bond acceptors (Lipinski definition) is 9. The molecule has 39 heavy (non-hydrogen) atoms. The van der Waals surface area contributed by atoms with Crippen molar-refractivity contribution in [2.75, 3.05) is 18.1 Å². The van der Waals surface area contributed by atoms with E-state index >= 15 is 0 Å². The molecule has 1 unspecified atom stereocenters. The molecule has 2 aliphatic heterocycles. The third kappa shape index (κ3) is 4.70. The molecule has 2 aliphatic carbocycles. The number of hydroxylamine groups is 1. The van der Waals surface area contributed by atoms with Crippen LogP contribution in [0.25, 0.3) is 22.4 Å². The Kier molecular flexibility index (Phi) is 6.52. The summed E-state index contributed by atoms with van der Waals surface area (Å²) in [6.45, 7) is 4.66. The number of morpholine rings is 1. The molecule has 4 fully saturated rings. The Morgan fingerprint density at radius 3 is 2.77 bits per heavy atom. The molecule has 12 heteroatoms. The molecule has 206 valence electrons. The first-order valence-electron chi connectivity index (χ1n) is 14.0. The van der Waals surface area contributed by atoms with Gasteiger partial charge in [0.15, 0.2) is 17.6 Å². The normalized spacial score (nSPS) is 28.9. The number of imidazole rings is 1. The van der Waals surface area contributed by atoms with Crippen molar-refractivity contribution in [3.63, 3.8) is 0 Å². The van der Waals surface area contributed by atoms with E-state index in [1.807, 2.05) is 6.07 Å². The Labute approximate surface area is 231 Å². The molecule has 0 spiro atoms. The third-order valence-corrected chi connectivity index (χ3v) is 8.89. The van der Waals surface area contributed by atoms with Gasteiger partial charge in [0.25, 0.3) is 0 Å². The van der Waals surface area contributed by atoms with Crippen LogP contribution < -0.4 is 15.7 Å². The fraction of sp³-hybridized carbons (Fsp3) is 0.593. The van der Waals surface area contributed by atoms with E-state index < -0.39 is 12.3 Å². The maximum Gasteiger partial charge on any atom is 0.427 e. The van der Waals surface area contributed by atoms with E-state index in [1.165, 1.54) is 25.7 Å². The van der Waals surface area contributed by atoms with Gasteiger partial charge in [0.05, 0.1) is 23.8 Å². The minimum atomic E-state index is -0.691. The van der Waals surface area contributed by atoms with Gasteiger partial charge in [0, 0.05) is 31.0 Å². The quantitative estimate of drug-likeness (QED) is 0.475.